The smallest absolute Gasteiger partial charge is 0.244 e. The van der Waals surface area contributed by atoms with Gasteiger partial charge in [0.25, 0.3) is 0 Å². The molecule has 1 aliphatic rings. The number of anilines is 1. The minimum absolute atomic E-state index is 0.187. The van der Waals surface area contributed by atoms with Gasteiger partial charge in [0.1, 0.15) is 4.90 Å². The summed E-state index contributed by atoms with van der Waals surface area (Å²) < 4.78 is 28.9. The van der Waals surface area contributed by atoms with Gasteiger partial charge in [-0.25, -0.2) is 12.9 Å². The number of pyridine rings is 2. The van der Waals surface area contributed by atoms with Gasteiger partial charge in [-0.15, -0.1) is 5.10 Å². The number of piperazine rings is 1. The van der Waals surface area contributed by atoms with Crippen molar-refractivity contribution in [2.75, 3.05) is 39.0 Å². The Morgan fingerprint density at radius 1 is 1.08 bits per heavy atom. The molecule has 0 saturated carbocycles. The number of nitrogens with two attached hydrogens (primary N) is 1. The molecule has 0 amide bonds. The fourth-order valence-electron chi connectivity index (χ4n) is 2.97. The van der Waals surface area contributed by atoms with Crippen molar-refractivity contribution in [3.63, 3.8) is 0 Å². The van der Waals surface area contributed by atoms with Crippen LogP contribution in [0, 0.1) is 0 Å². The van der Waals surface area contributed by atoms with Crippen LogP contribution in [0.15, 0.2) is 41.7 Å². The summed E-state index contributed by atoms with van der Waals surface area (Å²) in [6.45, 7) is 2.40. The van der Waals surface area contributed by atoms with Gasteiger partial charge in [-0.2, -0.15) is 9.29 Å². The first-order chi connectivity index (χ1) is 12.4. The molecule has 10 heteroatoms. The number of hydrogen-bond acceptors (Lipinski definition) is 7. The zero-order valence-corrected chi connectivity index (χ0v) is 15.1. The summed E-state index contributed by atoms with van der Waals surface area (Å²) in [6, 6.07) is 5.26. The highest BCUT2D eigenvalue weighted by Crippen LogP contribution is 2.24. The van der Waals surface area contributed by atoms with E-state index < -0.39 is 10.0 Å². The van der Waals surface area contributed by atoms with E-state index in [4.69, 9.17) is 5.73 Å². The zero-order chi connectivity index (χ0) is 18.3. The second-order valence-electron chi connectivity index (χ2n) is 6.31. The molecular formula is C16H19N7O2S. The van der Waals surface area contributed by atoms with E-state index in [-0.39, 0.29) is 10.8 Å². The maximum atomic E-state index is 12.9. The third-order valence-corrected chi connectivity index (χ3v) is 6.36. The molecular weight excluding hydrogens is 354 g/mol. The Hall–Kier alpha value is -2.56. The van der Waals surface area contributed by atoms with E-state index in [9.17, 15) is 8.42 Å². The van der Waals surface area contributed by atoms with Gasteiger partial charge in [-0.1, -0.05) is 0 Å². The molecule has 3 aromatic heterocycles. The van der Waals surface area contributed by atoms with E-state index in [1.165, 1.54) is 10.5 Å². The molecule has 0 radical (unpaired) electrons. The van der Waals surface area contributed by atoms with Crippen LogP contribution in [0.4, 0.5) is 5.95 Å². The molecule has 9 nitrogen and oxygen atoms in total. The predicted octanol–water partition coefficient (Wildman–Crippen LogP) is 0.310. The van der Waals surface area contributed by atoms with Crippen LogP contribution in [0.25, 0.3) is 16.8 Å². The Kier molecular flexibility index (Phi) is 4.10. The van der Waals surface area contributed by atoms with E-state index in [1.54, 1.807) is 29.0 Å². The second kappa shape index (κ2) is 6.31. The molecule has 0 bridgehead atoms. The molecule has 26 heavy (non-hydrogen) atoms. The maximum Gasteiger partial charge on any atom is 0.244 e. The average molecular weight is 373 g/mol. The number of rotatable bonds is 3. The topological polar surface area (TPSA) is 110 Å². The van der Waals surface area contributed by atoms with Crippen LogP contribution in [0.2, 0.25) is 0 Å². The third kappa shape index (κ3) is 3.02. The average Bonchev–Trinajstić information content (AvgIpc) is 3.01. The molecule has 0 spiro atoms. The summed E-state index contributed by atoms with van der Waals surface area (Å²) in [5, 5.41) is 4.08. The first kappa shape index (κ1) is 16.9. The lowest BCUT2D eigenvalue weighted by Gasteiger charge is -2.31. The van der Waals surface area contributed by atoms with E-state index in [0.717, 1.165) is 18.7 Å². The highest BCUT2D eigenvalue weighted by Gasteiger charge is 2.28. The molecule has 3 aromatic rings. The maximum absolute atomic E-state index is 12.9. The van der Waals surface area contributed by atoms with E-state index in [1.807, 2.05) is 13.1 Å². The molecule has 1 fully saturated rings. The lowest BCUT2D eigenvalue weighted by molar-refractivity contribution is 0.222. The van der Waals surface area contributed by atoms with Gasteiger partial charge < -0.3 is 10.6 Å². The van der Waals surface area contributed by atoms with Crippen molar-refractivity contribution in [3.8, 4) is 11.1 Å². The normalized spacial score (nSPS) is 17.0. The molecule has 4 heterocycles. The van der Waals surface area contributed by atoms with Crippen LogP contribution in [-0.4, -0.2) is 70.4 Å². The minimum Gasteiger partial charge on any atom is -0.366 e. The molecule has 0 unspecified atom stereocenters. The summed E-state index contributed by atoms with van der Waals surface area (Å²) in [4.78, 5) is 10.5. The van der Waals surface area contributed by atoms with Gasteiger partial charge in [-0.05, 0) is 25.2 Å². The molecule has 1 aliphatic heterocycles. The first-order valence-corrected chi connectivity index (χ1v) is 9.63. The molecule has 1 saturated heterocycles. The van der Waals surface area contributed by atoms with Gasteiger partial charge in [0.2, 0.25) is 16.0 Å². The Morgan fingerprint density at radius 2 is 1.85 bits per heavy atom. The number of nitrogen functional groups attached to an aromatic ring is 1. The lowest BCUT2D eigenvalue weighted by atomic mass is 10.1. The summed E-state index contributed by atoms with van der Waals surface area (Å²) in [7, 11) is -1.58. The quantitative estimate of drug-likeness (QED) is 0.703. The number of nitrogens with zero attached hydrogens (tertiary/aromatic N) is 6. The van der Waals surface area contributed by atoms with Crippen molar-refractivity contribution in [3.05, 3.63) is 36.8 Å². The van der Waals surface area contributed by atoms with E-state index in [0.29, 0.717) is 24.3 Å². The van der Waals surface area contributed by atoms with Gasteiger partial charge >= 0.3 is 0 Å². The molecule has 4 rings (SSSR count). The Bertz CT molecular complexity index is 1060. The number of likely N-dealkylation sites (N-methyl/N-ethyl adjacent to an activating group) is 1. The zero-order valence-electron chi connectivity index (χ0n) is 14.3. The second-order valence-corrected chi connectivity index (χ2v) is 8.25. The van der Waals surface area contributed by atoms with Crippen molar-refractivity contribution >= 4 is 21.6 Å². The number of fused-ring (bicyclic) bond motifs is 1. The summed E-state index contributed by atoms with van der Waals surface area (Å²) in [5.41, 5.74) is 7.71. The van der Waals surface area contributed by atoms with Crippen LogP contribution in [0.1, 0.15) is 0 Å². The van der Waals surface area contributed by atoms with E-state index in [2.05, 4.69) is 20.0 Å². The van der Waals surface area contributed by atoms with Gasteiger partial charge in [-0.3, -0.25) is 4.98 Å². The Labute approximate surface area is 151 Å². The number of hydrogen-bond donors (Lipinski definition) is 1. The van der Waals surface area contributed by atoms with Crippen molar-refractivity contribution < 1.29 is 8.42 Å². The Morgan fingerprint density at radius 3 is 2.62 bits per heavy atom. The fraction of sp³-hybridized carbons (Fsp3) is 0.312. The van der Waals surface area contributed by atoms with Crippen LogP contribution >= 0.6 is 0 Å². The molecule has 2 N–H and O–H groups in total. The van der Waals surface area contributed by atoms with Crippen molar-refractivity contribution in [1.29, 1.82) is 0 Å². The molecule has 0 atom stereocenters. The van der Waals surface area contributed by atoms with Crippen LogP contribution in [-0.2, 0) is 10.0 Å². The monoisotopic (exact) mass is 373 g/mol. The lowest BCUT2D eigenvalue weighted by Crippen LogP contribution is -2.47. The molecule has 0 aromatic carbocycles. The standard InChI is InChI=1S/C16H19N7O2S/c1-21-4-6-22(7-5-21)26(24,25)14-8-13(9-18-10-14)12-2-3-15-19-16(17)20-23(15)11-12/h2-3,8-11H,4-7H2,1H3,(H2,17,20). The summed E-state index contributed by atoms with van der Waals surface area (Å²) in [6.07, 6.45) is 4.77. The third-order valence-electron chi connectivity index (χ3n) is 4.49. The number of sulfonamides is 1. The predicted molar refractivity (Wildman–Crippen MR) is 96.9 cm³/mol. The van der Waals surface area contributed by atoms with Crippen LogP contribution in [0.5, 0.6) is 0 Å². The van der Waals surface area contributed by atoms with E-state index >= 15 is 0 Å². The molecule has 136 valence electrons. The van der Waals surface area contributed by atoms with Crippen molar-refractivity contribution in [2.24, 2.45) is 0 Å². The largest absolute Gasteiger partial charge is 0.366 e. The van der Waals surface area contributed by atoms with Crippen molar-refractivity contribution in [2.45, 2.75) is 4.90 Å². The van der Waals surface area contributed by atoms with Gasteiger partial charge in [0.15, 0.2) is 5.65 Å². The van der Waals surface area contributed by atoms with Gasteiger partial charge in [0.05, 0.1) is 0 Å². The highest BCUT2D eigenvalue weighted by atomic mass is 32.2. The Balaban J connectivity index is 1.69. The summed E-state index contributed by atoms with van der Waals surface area (Å²) in [5.74, 6) is 0.187. The number of aromatic nitrogens is 4. The van der Waals surface area contributed by atoms with Gasteiger partial charge in [0, 0.05) is 55.9 Å². The van der Waals surface area contributed by atoms with Crippen LogP contribution in [0.3, 0.4) is 0 Å². The van der Waals surface area contributed by atoms with Crippen molar-refractivity contribution in [1.82, 2.24) is 28.8 Å². The van der Waals surface area contributed by atoms with Crippen LogP contribution < -0.4 is 5.73 Å². The minimum atomic E-state index is -3.56. The summed E-state index contributed by atoms with van der Waals surface area (Å²) >= 11 is 0. The molecule has 0 aliphatic carbocycles. The fourth-order valence-corrected chi connectivity index (χ4v) is 4.38. The highest BCUT2D eigenvalue weighted by molar-refractivity contribution is 7.89. The SMILES string of the molecule is CN1CCN(S(=O)(=O)c2cncc(-c3ccc4nc(N)nn4c3)c2)CC1. The first-order valence-electron chi connectivity index (χ1n) is 8.19.